The van der Waals surface area contributed by atoms with Gasteiger partial charge in [-0.15, -0.1) is 0 Å². The molecule has 0 bridgehead atoms. The molecule has 2 rings (SSSR count). The molecule has 2 aromatic heterocycles. The fourth-order valence-corrected chi connectivity index (χ4v) is 1.50. The second kappa shape index (κ2) is 5.47. The normalized spacial score (nSPS) is 10.4. The van der Waals surface area contributed by atoms with E-state index in [1.54, 1.807) is 6.20 Å². The van der Waals surface area contributed by atoms with E-state index in [9.17, 15) is 9.18 Å². The van der Waals surface area contributed by atoms with Gasteiger partial charge in [0.25, 0.3) is 0 Å². The molecule has 0 unspecified atom stereocenters. The Morgan fingerprint density at radius 3 is 2.89 bits per heavy atom. The van der Waals surface area contributed by atoms with Crippen molar-refractivity contribution in [3.05, 3.63) is 41.5 Å². The minimum atomic E-state index is -1.25. The largest absolute Gasteiger partial charge is 0.478 e. The van der Waals surface area contributed by atoms with E-state index >= 15 is 0 Å². The molecule has 0 fully saturated rings. The quantitative estimate of drug-likeness (QED) is 0.860. The van der Waals surface area contributed by atoms with Gasteiger partial charge >= 0.3 is 5.97 Å². The third-order valence-electron chi connectivity index (χ3n) is 2.44. The van der Waals surface area contributed by atoms with Crippen molar-refractivity contribution >= 4 is 11.8 Å². The zero-order chi connectivity index (χ0) is 13.8. The number of aromatic nitrogens is 2. The number of aromatic carboxylic acids is 1. The molecule has 2 N–H and O–H groups in total. The number of hydrogen-bond acceptors (Lipinski definition) is 5. The SMILES string of the molecule is CCc1cnc(CNc2ncc(F)cc2C(=O)O)o1. The number of hydrogen-bond donors (Lipinski definition) is 2. The number of rotatable bonds is 5. The predicted octanol–water partition coefficient (Wildman–Crippen LogP) is 2.08. The van der Waals surface area contributed by atoms with Crippen LogP contribution in [0, 0.1) is 5.82 Å². The molecule has 0 saturated heterocycles. The average Bonchev–Trinajstić information content (AvgIpc) is 2.85. The number of carboxylic acids is 1. The van der Waals surface area contributed by atoms with Gasteiger partial charge in [-0.3, -0.25) is 0 Å². The first kappa shape index (κ1) is 13.0. The summed E-state index contributed by atoms with van der Waals surface area (Å²) in [6.07, 6.45) is 3.27. The molecule has 0 amide bonds. The molecular formula is C12H12FN3O3. The molecule has 2 aromatic rings. The van der Waals surface area contributed by atoms with E-state index in [1.807, 2.05) is 6.92 Å². The first-order chi connectivity index (χ1) is 9.10. The third kappa shape index (κ3) is 3.06. The van der Waals surface area contributed by atoms with E-state index < -0.39 is 11.8 Å². The maximum absolute atomic E-state index is 12.9. The number of nitrogens with one attached hydrogen (secondary N) is 1. The highest BCUT2D eigenvalue weighted by molar-refractivity contribution is 5.92. The van der Waals surface area contributed by atoms with Gasteiger partial charge < -0.3 is 14.8 Å². The number of carbonyl (C=O) groups is 1. The van der Waals surface area contributed by atoms with Crippen molar-refractivity contribution in [3.63, 3.8) is 0 Å². The van der Waals surface area contributed by atoms with E-state index in [-0.39, 0.29) is 17.9 Å². The van der Waals surface area contributed by atoms with Crippen molar-refractivity contribution in [2.45, 2.75) is 19.9 Å². The molecule has 0 aliphatic rings. The Morgan fingerprint density at radius 2 is 2.26 bits per heavy atom. The molecule has 0 aliphatic heterocycles. The summed E-state index contributed by atoms with van der Waals surface area (Å²) < 4.78 is 18.3. The van der Waals surface area contributed by atoms with Crippen LogP contribution in [-0.4, -0.2) is 21.0 Å². The molecule has 0 atom stereocenters. The first-order valence-electron chi connectivity index (χ1n) is 5.66. The molecule has 7 heteroatoms. The molecular weight excluding hydrogens is 253 g/mol. The van der Waals surface area contributed by atoms with E-state index in [0.717, 1.165) is 24.4 Å². The van der Waals surface area contributed by atoms with Crippen LogP contribution in [0.1, 0.15) is 28.9 Å². The molecule has 6 nitrogen and oxygen atoms in total. The number of pyridine rings is 1. The maximum atomic E-state index is 12.9. The van der Waals surface area contributed by atoms with E-state index in [4.69, 9.17) is 9.52 Å². The van der Waals surface area contributed by atoms with Gasteiger partial charge in [0.2, 0.25) is 5.89 Å². The summed E-state index contributed by atoms with van der Waals surface area (Å²) in [4.78, 5) is 18.7. The molecule has 0 aromatic carbocycles. The summed E-state index contributed by atoms with van der Waals surface area (Å²) >= 11 is 0. The number of carboxylic acid groups (broad SMARTS) is 1. The van der Waals surface area contributed by atoms with Crippen molar-refractivity contribution in [3.8, 4) is 0 Å². The Labute approximate surface area is 108 Å². The van der Waals surface area contributed by atoms with Gasteiger partial charge in [-0.1, -0.05) is 6.92 Å². The molecule has 19 heavy (non-hydrogen) atoms. The Hall–Kier alpha value is -2.44. The fraction of sp³-hybridized carbons (Fsp3) is 0.250. The summed E-state index contributed by atoms with van der Waals surface area (Å²) in [5.74, 6) is -0.727. The van der Waals surface area contributed by atoms with Crippen molar-refractivity contribution < 1.29 is 18.7 Å². The summed E-state index contributed by atoms with van der Waals surface area (Å²) in [5, 5.41) is 11.7. The van der Waals surface area contributed by atoms with E-state index in [0.29, 0.717) is 5.89 Å². The van der Waals surface area contributed by atoms with Crippen LogP contribution in [-0.2, 0) is 13.0 Å². The van der Waals surface area contributed by atoms with Gasteiger partial charge in [0.15, 0.2) is 0 Å². The molecule has 0 radical (unpaired) electrons. The average molecular weight is 265 g/mol. The third-order valence-corrected chi connectivity index (χ3v) is 2.44. The van der Waals surface area contributed by atoms with Gasteiger partial charge in [-0.25, -0.2) is 19.2 Å². The first-order valence-corrected chi connectivity index (χ1v) is 5.66. The minimum absolute atomic E-state index is 0.0742. The lowest BCUT2D eigenvalue weighted by Crippen LogP contribution is -2.09. The van der Waals surface area contributed by atoms with Gasteiger partial charge in [0.05, 0.1) is 18.9 Å². The van der Waals surface area contributed by atoms with Crippen molar-refractivity contribution in [1.82, 2.24) is 9.97 Å². The standard InChI is InChI=1S/C12H12FN3O3/c1-2-8-5-14-10(19-8)6-16-11-9(12(17)18)3-7(13)4-15-11/h3-5H,2,6H2,1H3,(H,15,16)(H,17,18). The van der Waals surface area contributed by atoms with Crippen molar-refractivity contribution in [2.75, 3.05) is 5.32 Å². The topological polar surface area (TPSA) is 88.2 Å². The molecule has 2 heterocycles. The van der Waals surface area contributed by atoms with Gasteiger partial charge in [-0.2, -0.15) is 0 Å². The molecule has 0 aliphatic carbocycles. The minimum Gasteiger partial charge on any atom is -0.478 e. The Kier molecular flexibility index (Phi) is 3.74. The number of oxazole rings is 1. The zero-order valence-electron chi connectivity index (χ0n) is 10.2. The van der Waals surface area contributed by atoms with Crippen LogP contribution in [0.25, 0.3) is 0 Å². The van der Waals surface area contributed by atoms with Crippen LogP contribution in [0.3, 0.4) is 0 Å². The highest BCUT2D eigenvalue weighted by atomic mass is 19.1. The Morgan fingerprint density at radius 1 is 1.47 bits per heavy atom. The monoisotopic (exact) mass is 265 g/mol. The Balaban J connectivity index is 2.12. The number of anilines is 1. The van der Waals surface area contributed by atoms with Crippen LogP contribution < -0.4 is 5.32 Å². The number of halogens is 1. The van der Waals surface area contributed by atoms with Gasteiger partial charge in [0, 0.05) is 6.42 Å². The second-order valence-electron chi connectivity index (χ2n) is 3.78. The molecule has 100 valence electrons. The van der Waals surface area contributed by atoms with Crippen LogP contribution in [0.5, 0.6) is 0 Å². The fourth-order valence-electron chi connectivity index (χ4n) is 1.50. The second-order valence-corrected chi connectivity index (χ2v) is 3.78. The van der Waals surface area contributed by atoms with Crippen LogP contribution in [0.2, 0.25) is 0 Å². The lowest BCUT2D eigenvalue weighted by Gasteiger charge is -2.06. The summed E-state index contributed by atoms with van der Waals surface area (Å²) in [7, 11) is 0. The van der Waals surface area contributed by atoms with Crippen molar-refractivity contribution in [2.24, 2.45) is 0 Å². The zero-order valence-corrected chi connectivity index (χ0v) is 10.2. The van der Waals surface area contributed by atoms with Gasteiger partial charge in [-0.05, 0) is 6.07 Å². The molecule has 0 spiro atoms. The molecule has 0 saturated carbocycles. The Bertz CT molecular complexity index is 598. The number of aryl methyl sites for hydroxylation is 1. The summed E-state index contributed by atoms with van der Waals surface area (Å²) in [6, 6.07) is 0.907. The number of nitrogens with zero attached hydrogens (tertiary/aromatic N) is 2. The summed E-state index contributed by atoms with van der Waals surface area (Å²) in [6.45, 7) is 2.11. The predicted molar refractivity (Wildman–Crippen MR) is 64.4 cm³/mol. The smallest absolute Gasteiger partial charge is 0.339 e. The highest BCUT2D eigenvalue weighted by Crippen LogP contribution is 2.15. The lowest BCUT2D eigenvalue weighted by atomic mass is 10.2. The van der Waals surface area contributed by atoms with Crippen LogP contribution in [0.4, 0.5) is 10.2 Å². The van der Waals surface area contributed by atoms with Crippen LogP contribution >= 0.6 is 0 Å². The van der Waals surface area contributed by atoms with Crippen molar-refractivity contribution in [1.29, 1.82) is 0 Å². The maximum Gasteiger partial charge on any atom is 0.339 e. The lowest BCUT2D eigenvalue weighted by molar-refractivity contribution is 0.0697. The van der Waals surface area contributed by atoms with E-state index in [1.165, 1.54) is 0 Å². The summed E-state index contributed by atoms with van der Waals surface area (Å²) in [5.41, 5.74) is -0.234. The van der Waals surface area contributed by atoms with E-state index in [2.05, 4.69) is 15.3 Å². The van der Waals surface area contributed by atoms with Gasteiger partial charge in [0.1, 0.15) is 23.0 Å². The van der Waals surface area contributed by atoms with Crippen LogP contribution in [0.15, 0.2) is 22.9 Å². The highest BCUT2D eigenvalue weighted by Gasteiger charge is 2.13.